The summed E-state index contributed by atoms with van der Waals surface area (Å²) in [6.45, 7) is 5.40. The van der Waals surface area contributed by atoms with Gasteiger partial charge in [-0.05, 0) is 24.0 Å². The number of carbonyl (C=O) groups is 1. The quantitative estimate of drug-likeness (QED) is 0.779. The zero-order chi connectivity index (χ0) is 17.4. The largest absolute Gasteiger partial charge is 0.496 e. The summed E-state index contributed by atoms with van der Waals surface area (Å²) >= 11 is 0. The molecule has 6 nitrogen and oxygen atoms in total. The van der Waals surface area contributed by atoms with Crippen LogP contribution in [0.15, 0.2) is 36.7 Å². The van der Waals surface area contributed by atoms with Crippen molar-refractivity contribution in [2.75, 3.05) is 25.5 Å². The highest BCUT2D eigenvalue weighted by molar-refractivity contribution is 5.92. The van der Waals surface area contributed by atoms with Crippen LogP contribution >= 0.6 is 0 Å². The molecule has 0 aliphatic rings. The number of para-hydroxylation sites is 1. The number of nitrogens with one attached hydrogen (secondary N) is 2. The van der Waals surface area contributed by atoms with E-state index in [2.05, 4.69) is 20.6 Å². The first kappa shape index (κ1) is 17.7. The summed E-state index contributed by atoms with van der Waals surface area (Å²) in [6.07, 6.45) is 2.19. The fourth-order valence-corrected chi connectivity index (χ4v) is 2.20. The van der Waals surface area contributed by atoms with Crippen LogP contribution in [0, 0.1) is 5.92 Å². The molecule has 2 N–H and O–H groups in total. The maximum absolute atomic E-state index is 12.0. The second-order valence-electron chi connectivity index (χ2n) is 5.88. The van der Waals surface area contributed by atoms with E-state index in [9.17, 15) is 4.79 Å². The molecule has 0 radical (unpaired) electrons. The Morgan fingerprint density at radius 3 is 2.79 bits per heavy atom. The predicted molar refractivity (Wildman–Crippen MR) is 94.4 cm³/mol. The first-order chi connectivity index (χ1) is 11.6. The molecule has 2 aromatic rings. The number of hydrogen-bond donors (Lipinski definition) is 2. The third kappa shape index (κ3) is 5.22. The van der Waals surface area contributed by atoms with Gasteiger partial charge in [-0.1, -0.05) is 32.0 Å². The monoisotopic (exact) mass is 328 g/mol. The van der Waals surface area contributed by atoms with Gasteiger partial charge in [0, 0.05) is 19.2 Å². The van der Waals surface area contributed by atoms with Gasteiger partial charge in [0.25, 0.3) is 5.91 Å². The maximum atomic E-state index is 12.0. The summed E-state index contributed by atoms with van der Waals surface area (Å²) in [5.41, 5.74) is 1.49. The minimum atomic E-state index is -0.182. The van der Waals surface area contributed by atoms with Crippen LogP contribution in [0.1, 0.15) is 29.9 Å². The summed E-state index contributed by atoms with van der Waals surface area (Å²) in [5.74, 6) is 1.72. The Bertz CT molecular complexity index is 674. The topological polar surface area (TPSA) is 76.1 Å². The summed E-state index contributed by atoms with van der Waals surface area (Å²) in [7, 11) is 1.67. The normalized spacial score (nSPS) is 10.5. The standard InChI is InChI=1S/C18H24N4O2/c1-13(2)11-20-18(23)15-10-17(22-12-21-15)19-9-8-14-6-4-5-7-16(14)24-3/h4-7,10,12-13H,8-9,11H2,1-3H3,(H,20,23)(H,19,21,22). The fourth-order valence-electron chi connectivity index (χ4n) is 2.20. The molecule has 128 valence electrons. The van der Waals surface area contributed by atoms with Crippen LogP contribution in [0.5, 0.6) is 5.75 Å². The van der Waals surface area contributed by atoms with Gasteiger partial charge < -0.3 is 15.4 Å². The van der Waals surface area contributed by atoms with Crippen LogP contribution in [0.4, 0.5) is 5.82 Å². The molecule has 0 saturated carbocycles. The van der Waals surface area contributed by atoms with E-state index in [1.165, 1.54) is 6.33 Å². The van der Waals surface area contributed by atoms with Gasteiger partial charge in [0.05, 0.1) is 7.11 Å². The Hall–Kier alpha value is -2.63. The first-order valence-electron chi connectivity index (χ1n) is 8.06. The van der Waals surface area contributed by atoms with Crippen molar-refractivity contribution >= 4 is 11.7 Å². The third-order valence-electron chi connectivity index (χ3n) is 3.46. The predicted octanol–water partition coefficient (Wildman–Crippen LogP) is 2.53. The van der Waals surface area contributed by atoms with Gasteiger partial charge in [-0.2, -0.15) is 0 Å². The minimum absolute atomic E-state index is 0.182. The van der Waals surface area contributed by atoms with E-state index >= 15 is 0 Å². The molecule has 0 saturated heterocycles. The number of rotatable bonds is 8. The molecule has 0 aliphatic heterocycles. The van der Waals surface area contributed by atoms with Gasteiger partial charge in [-0.25, -0.2) is 9.97 Å². The highest BCUT2D eigenvalue weighted by Gasteiger charge is 2.09. The third-order valence-corrected chi connectivity index (χ3v) is 3.46. The lowest BCUT2D eigenvalue weighted by molar-refractivity contribution is 0.0944. The van der Waals surface area contributed by atoms with Crippen LogP contribution in [0.3, 0.4) is 0 Å². The molecule has 1 amide bonds. The average Bonchev–Trinajstić information content (AvgIpc) is 2.60. The lowest BCUT2D eigenvalue weighted by Crippen LogP contribution is -2.28. The van der Waals surface area contributed by atoms with Gasteiger partial charge in [0.2, 0.25) is 0 Å². The molecule has 0 bridgehead atoms. The highest BCUT2D eigenvalue weighted by atomic mass is 16.5. The Morgan fingerprint density at radius 1 is 1.25 bits per heavy atom. The molecule has 0 fully saturated rings. The van der Waals surface area contributed by atoms with E-state index in [1.54, 1.807) is 13.2 Å². The van der Waals surface area contributed by atoms with Gasteiger partial charge in [0.15, 0.2) is 0 Å². The van der Waals surface area contributed by atoms with E-state index in [1.807, 2.05) is 38.1 Å². The smallest absolute Gasteiger partial charge is 0.270 e. The second kappa shape index (κ2) is 8.86. The molecule has 0 unspecified atom stereocenters. The molecule has 2 rings (SSSR count). The summed E-state index contributed by atoms with van der Waals surface area (Å²) in [5, 5.41) is 6.07. The van der Waals surface area contributed by atoms with Crippen molar-refractivity contribution in [3.63, 3.8) is 0 Å². The Balaban J connectivity index is 1.91. The van der Waals surface area contributed by atoms with Crippen molar-refractivity contribution < 1.29 is 9.53 Å². The molecule has 24 heavy (non-hydrogen) atoms. The summed E-state index contributed by atoms with van der Waals surface area (Å²) < 4.78 is 5.34. The Kier molecular flexibility index (Phi) is 6.54. The number of ether oxygens (including phenoxy) is 1. The van der Waals surface area contributed by atoms with Crippen LogP contribution in [0.25, 0.3) is 0 Å². The lowest BCUT2D eigenvalue weighted by Gasteiger charge is -2.10. The van der Waals surface area contributed by atoms with Gasteiger partial charge in [-0.3, -0.25) is 4.79 Å². The zero-order valence-electron chi connectivity index (χ0n) is 14.4. The molecule has 0 spiro atoms. The summed E-state index contributed by atoms with van der Waals surface area (Å²) in [4.78, 5) is 20.2. The van der Waals surface area contributed by atoms with E-state index < -0.39 is 0 Å². The number of methoxy groups -OCH3 is 1. The summed E-state index contributed by atoms with van der Waals surface area (Å²) in [6, 6.07) is 9.57. The molecule has 1 heterocycles. The van der Waals surface area contributed by atoms with Crippen LogP contribution in [-0.4, -0.2) is 36.1 Å². The minimum Gasteiger partial charge on any atom is -0.496 e. The Labute approximate surface area is 142 Å². The van der Waals surface area contributed by atoms with Gasteiger partial charge in [-0.15, -0.1) is 0 Å². The van der Waals surface area contributed by atoms with Crippen molar-refractivity contribution in [3.05, 3.63) is 47.9 Å². The van der Waals surface area contributed by atoms with E-state index in [-0.39, 0.29) is 5.91 Å². The second-order valence-corrected chi connectivity index (χ2v) is 5.88. The SMILES string of the molecule is COc1ccccc1CCNc1cc(C(=O)NCC(C)C)ncn1. The van der Waals surface area contributed by atoms with Crippen molar-refractivity contribution in [3.8, 4) is 5.75 Å². The van der Waals surface area contributed by atoms with Gasteiger partial charge >= 0.3 is 0 Å². The highest BCUT2D eigenvalue weighted by Crippen LogP contribution is 2.17. The van der Waals surface area contributed by atoms with E-state index in [0.29, 0.717) is 30.5 Å². The van der Waals surface area contributed by atoms with E-state index in [0.717, 1.165) is 17.7 Å². The van der Waals surface area contributed by atoms with Crippen molar-refractivity contribution in [2.24, 2.45) is 5.92 Å². The number of benzene rings is 1. The number of amides is 1. The van der Waals surface area contributed by atoms with Crippen LogP contribution in [0.2, 0.25) is 0 Å². The lowest BCUT2D eigenvalue weighted by atomic mass is 10.1. The van der Waals surface area contributed by atoms with Crippen molar-refractivity contribution in [1.82, 2.24) is 15.3 Å². The molecule has 1 aromatic heterocycles. The van der Waals surface area contributed by atoms with E-state index in [4.69, 9.17) is 4.74 Å². The zero-order valence-corrected chi connectivity index (χ0v) is 14.4. The van der Waals surface area contributed by atoms with Crippen LogP contribution < -0.4 is 15.4 Å². The molecule has 1 aromatic carbocycles. The van der Waals surface area contributed by atoms with Crippen molar-refractivity contribution in [2.45, 2.75) is 20.3 Å². The molecule has 6 heteroatoms. The molecular weight excluding hydrogens is 304 g/mol. The molecule has 0 atom stereocenters. The number of aromatic nitrogens is 2. The fraction of sp³-hybridized carbons (Fsp3) is 0.389. The number of nitrogens with zero attached hydrogens (tertiary/aromatic N) is 2. The molecule has 0 aliphatic carbocycles. The maximum Gasteiger partial charge on any atom is 0.270 e. The van der Waals surface area contributed by atoms with Crippen molar-refractivity contribution in [1.29, 1.82) is 0 Å². The Morgan fingerprint density at radius 2 is 2.04 bits per heavy atom. The average molecular weight is 328 g/mol. The van der Waals surface area contributed by atoms with Gasteiger partial charge in [0.1, 0.15) is 23.6 Å². The molecular formula is C18H24N4O2. The number of hydrogen-bond acceptors (Lipinski definition) is 5. The number of anilines is 1. The number of carbonyl (C=O) groups excluding carboxylic acids is 1. The van der Waals surface area contributed by atoms with Crippen LogP contribution in [-0.2, 0) is 6.42 Å². The first-order valence-corrected chi connectivity index (χ1v) is 8.06.